The Kier molecular flexibility index (Phi) is 9.06. The topological polar surface area (TPSA) is 61.4 Å². The minimum Gasteiger partial charge on any atom is -0.352 e. The molecule has 1 aliphatic rings. The summed E-state index contributed by atoms with van der Waals surface area (Å²) in [6.45, 7) is 7.05. The van der Waals surface area contributed by atoms with Crippen LogP contribution >= 0.6 is 0 Å². The maximum Gasteiger partial charge on any atom is 0.234 e. The summed E-state index contributed by atoms with van der Waals surface area (Å²) in [7, 11) is 0. The van der Waals surface area contributed by atoms with Crippen molar-refractivity contribution in [3.63, 3.8) is 0 Å². The first-order chi connectivity index (χ1) is 10.2. The van der Waals surface area contributed by atoms with Crippen LogP contribution in [-0.2, 0) is 9.59 Å². The Bertz CT molecular complexity index is 313. The van der Waals surface area contributed by atoms with Gasteiger partial charge in [0.05, 0.1) is 6.54 Å². The zero-order valence-corrected chi connectivity index (χ0v) is 13.6. The number of nitrogens with one attached hydrogen (secondary N) is 2. The van der Waals surface area contributed by atoms with Gasteiger partial charge < -0.3 is 15.5 Å². The van der Waals surface area contributed by atoms with E-state index >= 15 is 0 Å². The van der Waals surface area contributed by atoms with Crippen molar-refractivity contribution in [1.82, 2.24) is 15.5 Å². The van der Waals surface area contributed by atoms with Gasteiger partial charge in [0.15, 0.2) is 0 Å². The van der Waals surface area contributed by atoms with Crippen LogP contribution < -0.4 is 10.6 Å². The van der Waals surface area contributed by atoms with E-state index in [0.29, 0.717) is 13.0 Å². The Morgan fingerprint density at radius 3 is 2.43 bits per heavy atom. The maximum atomic E-state index is 12.0. The predicted octanol–water partition coefficient (Wildman–Crippen LogP) is 1.67. The molecule has 2 amide bonds. The van der Waals surface area contributed by atoms with Gasteiger partial charge in [-0.1, -0.05) is 26.7 Å². The minimum absolute atomic E-state index is 0.0659. The third-order valence-corrected chi connectivity index (χ3v) is 3.92. The van der Waals surface area contributed by atoms with E-state index in [4.69, 9.17) is 0 Å². The summed E-state index contributed by atoms with van der Waals surface area (Å²) in [5.74, 6) is 0.342. The zero-order chi connectivity index (χ0) is 15.5. The molecule has 0 spiro atoms. The monoisotopic (exact) mass is 297 g/mol. The molecule has 5 nitrogen and oxygen atoms in total. The number of likely N-dealkylation sites (tertiary alicyclic amines) is 1. The lowest BCUT2D eigenvalue weighted by molar-refractivity contribution is -0.132. The highest BCUT2D eigenvalue weighted by Gasteiger charge is 2.23. The van der Waals surface area contributed by atoms with Crippen molar-refractivity contribution in [3.05, 3.63) is 0 Å². The van der Waals surface area contributed by atoms with Crippen LogP contribution in [0.3, 0.4) is 0 Å². The number of rotatable bonds is 9. The van der Waals surface area contributed by atoms with Crippen molar-refractivity contribution in [2.24, 2.45) is 0 Å². The molecule has 1 aliphatic heterocycles. The molecule has 122 valence electrons. The second-order valence-corrected chi connectivity index (χ2v) is 5.86. The lowest BCUT2D eigenvalue weighted by Gasteiger charge is -2.32. The predicted molar refractivity (Wildman–Crippen MR) is 85.0 cm³/mol. The highest BCUT2D eigenvalue weighted by atomic mass is 16.2. The van der Waals surface area contributed by atoms with Crippen LogP contribution in [0.5, 0.6) is 0 Å². The average Bonchev–Trinajstić information content (AvgIpc) is 2.48. The fourth-order valence-electron chi connectivity index (χ4n) is 2.61. The number of hydrogen-bond acceptors (Lipinski definition) is 3. The highest BCUT2D eigenvalue weighted by Crippen LogP contribution is 2.12. The van der Waals surface area contributed by atoms with Gasteiger partial charge in [-0.25, -0.2) is 0 Å². The van der Waals surface area contributed by atoms with E-state index < -0.39 is 0 Å². The van der Waals surface area contributed by atoms with E-state index in [1.165, 1.54) is 0 Å². The zero-order valence-electron chi connectivity index (χ0n) is 13.6. The van der Waals surface area contributed by atoms with Crippen LogP contribution in [-0.4, -0.2) is 48.9 Å². The molecule has 1 fully saturated rings. The molecule has 0 unspecified atom stereocenters. The second-order valence-electron chi connectivity index (χ2n) is 5.86. The molecular weight excluding hydrogens is 266 g/mol. The smallest absolute Gasteiger partial charge is 0.234 e. The molecule has 0 aliphatic carbocycles. The standard InChI is InChI=1S/C16H31N3O2/c1-3-5-6-7-16(21)19-11-8-14(9-12-19)18-15(20)13-17-10-4-2/h14,17H,3-13H2,1-2H3,(H,18,20). The molecule has 0 aromatic carbocycles. The Balaban J connectivity index is 2.16. The summed E-state index contributed by atoms with van der Waals surface area (Å²) in [6.07, 6.45) is 6.72. The average molecular weight is 297 g/mol. The molecule has 1 heterocycles. The Hall–Kier alpha value is -1.10. The van der Waals surface area contributed by atoms with Gasteiger partial charge in [0, 0.05) is 25.6 Å². The molecule has 0 atom stereocenters. The summed E-state index contributed by atoms with van der Waals surface area (Å²) in [4.78, 5) is 25.7. The molecule has 0 saturated carbocycles. The molecule has 2 N–H and O–H groups in total. The van der Waals surface area contributed by atoms with E-state index in [1.54, 1.807) is 0 Å². The summed E-state index contributed by atoms with van der Waals surface area (Å²) >= 11 is 0. The summed E-state index contributed by atoms with van der Waals surface area (Å²) in [5, 5.41) is 6.15. The first-order valence-electron chi connectivity index (χ1n) is 8.45. The van der Waals surface area contributed by atoms with Gasteiger partial charge in [-0.3, -0.25) is 9.59 Å². The van der Waals surface area contributed by atoms with Crippen LogP contribution in [0.1, 0.15) is 58.8 Å². The molecule has 0 radical (unpaired) electrons. The van der Waals surface area contributed by atoms with E-state index in [2.05, 4.69) is 24.5 Å². The van der Waals surface area contributed by atoms with Gasteiger partial charge in [0.25, 0.3) is 0 Å². The summed E-state index contributed by atoms with van der Waals surface area (Å²) in [6, 6.07) is 0.223. The Morgan fingerprint density at radius 2 is 1.81 bits per heavy atom. The van der Waals surface area contributed by atoms with Crippen molar-refractivity contribution >= 4 is 11.8 Å². The van der Waals surface area contributed by atoms with Gasteiger partial charge in [0.2, 0.25) is 11.8 Å². The van der Waals surface area contributed by atoms with Crippen LogP contribution in [0.15, 0.2) is 0 Å². The first kappa shape index (κ1) is 18.0. The van der Waals surface area contributed by atoms with Crippen molar-refractivity contribution in [3.8, 4) is 0 Å². The van der Waals surface area contributed by atoms with E-state index in [1.807, 2.05) is 4.90 Å². The van der Waals surface area contributed by atoms with Gasteiger partial charge in [0.1, 0.15) is 0 Å². The summed E-state index contributed by atoms with van der Waals surface area (Å²) < 4.78 is 0. The number of nitrogens with zero attached hydrogens (tertiary/aromatic N) is 1. The maximum absolute atomic E-state index is 12.0. The normalized spacial score (nSPS) is 16.0. The van der Waals surface area contributed by atoms with Crippen LogP contribution in [0.4, 0.5) is 0 Å². The molecule has 1 rings (SSSR count). The highest BCUT2D eigenvalue weighted by molar-refractivity contribution is 5.78. The van der Waals surface area contributed by atoms with E-state index in [9.17, 15) is 9.59 Å². The Labute approximate surface area is 128 Å². The molecule has 5 heteroatoms. The van der Waals surface area contributed by atoms with Gasteiger partial charge in [-0.05, 0) is 32.2 Å². The van der Waals surface area contributed by atoms with Gasteiger partial charge in [-0.2, -0.15) is 0 Å². The summed E-state index contributed by atoms with van der Waals surface area (Å²) in [5.41, 5.74) is 0. The van der Waals surface area contributed by atoms with E-state index in [-0.39, 0.29) is 17.9 Å². The van der Waals surface area contributed by atoms with Gasteiger partial charge >= 0.3 is 0 Å². The molecule has 0 aromatic rings. The number of carbonyl (C=O) groups is 2. The molecule has 1 saturated heterocycles. The van der Waals surface area contributed by atoms with Crippen LogP contribution in [0, 0.1) is 0 Å². The fourth-order valence-corrected chi connectivity index (χ4v) is 2.61. The number of amides is 2. The third-order valence-electron chi connectivity index (χ3n) is 3.92. The second kappa shape index (κ2) is 10.6. The largest absolute Gasteiger partial charge is 0.352 e. The van der Waals surface area contributed by atoms with Crippen molar-refractivity contribution < 1.29 is 9.59 Å². The number of piperidine rings is 1. The minimum atomic E-state index is 0.0659. The lowest BCUT2D eigenvalue weighted by Crippen LogP contribution is -2.48. The lowest BCUT2D eigenvalue weighted by atomic mass is 10.0. The number of hydrogen-bond donors (Lipinski definition) is 2. The van der Waals surface area contributed by atoms with Crippen LogP contribution in [0.2, 0.25) is 0 Å². The number of unbranched alkanes of at least 4 members (excludes halogenated alkanes) is 2. The first-order valence-corrected chi connectivity index (χ1v) is 8.45. The molecule has 21 heavy (non-hydrogen) atoms. The quantitative estimate of drug-likeness (QED) is 0.637. The van der Waals surface area contributed by atoms with Crippen molar-refractivity contribution in [2.45, 2.75) is 64.8 Å². The van der Waals surface area contributed by atoms with Crippen LogP contribution in [0.25, 0.3) is 0 Å². The van der Waals surface area contributed by atoms with Crippen molar-refractivity contribution in [2.75, 3.05) is 26.2 Å². The molecular formula is C16H31N3O2. The molecule has 0 aromatic heterocycles. The fraction of sp³-hybridized carbons (Fsp3) is 0.875. The van der Waals surface area contributed by atoms with E-state index in [0.717, 1.165) is 58.2 Å². The third kappa shape index (κ3) is 7.46. The van der Waals surface area contributed by atoms with Gasteiger partial charge in [-0.15, -0.1) is 0 Å². The number of carbonyl (C=O) groups excluding carboxylic acids is 2. The molecule has 0 bridgehead atoms. The SMILES string of the molecule is CCCCCC(=O)N1CCC(NC(=O)CNCCC)CC1. The Morgan fingerprint density at radius 1 is 1.10 bits per heavy atom. The van der Waals surface area contributed by atoms with Crippen molar-refractivity contribution in [1.29, 1.82) is 0 Å².